The Hall–Kier alpha value is -2.91. The van der Waals surface area contributed by atoms with Gasteiger partial charge in [0.2, 0.25) is 5.95 Å². The molecule has 2 fully saturated rings. The third-order valence-corrected chi connectivity index (χ3v) is 4.62. The zero-order valence-electron chi connectivity index (χ0n) is 15.6. The van der Waals surface area contributed by atoms with Crippen LogP contribution in [-0.4, -0.2) is 73.9 Å². The van der Waals surface area contributed by atoms with Crippen LogP contribution in [0.1, 0.15) is 5.56 Å². The molecular formula is C19H24N6O3. The van der Waals surface area contributed by atoms with Crippen molar-refractivity contribution in [3.8, 4) is 5.75 Å². The first-order valence-electron chi connectivity index (χ1n) is 9.40. The minimum Gasteiger partial charge on any atom is -0.508 e. The molecule has 4 rings (SSSR count). The predicted molar refractivity (Wildman–Crippen MR) is 107 cm³/mol. The fourth-order valence-electron chi connectivity index (χ4n) is 3.07. The van der Waals surface area contributed by atoms with Crippen molar-refractivity contribution in [2.75, 3.05) is 67.8 Å². The first kappa shape index (κ1) is 18.5. The van der Waals surface area contributed by atoms with E-state index in [1.165, 1.54) is 0 Å². The van der Waals surface area contributed by atoms with Gasteiger partial charge in [-0.1, -0.05) is 0 Å². The van der Waals surface area contributed by atoms with E-state index >= 15 is 0 Å². The minimum absolute atomic E-state index is 0.228. The van der Waals surface area contributed by atoms with Crippen LogP contribution in [0.25, 0.3) is 0 Å². The molecule has 1 aromatic carbocycles. The topological polar surface area (TPSA) is 95.3 Å². The number of benzene rings is 1. The predicted octanol–water partition coefficient (Wildman–Crippen LogP) is 1.30. The number of morpholine rings is 2. The zero-order valence-corrected chi connectivity index (χ0v) is 15.6. The summed E-state index contributed by atoms with van der Waals surface area (Å²) in [5, 5.41) is 13.6. The second kappa shape index (κ2) is 8.85. The van der Waals surface area contributed by atoms with Gasteiger partial charge in [-0.3, -0.25) is 5.43 Å². The molecule has 0 spiro atoms. The van der Waals surface area contributed by atoms with Crippen LogP contribution in [0.15, 0.2) is 35.4 Å². The van der Waals surface area contributed by atoms with E-state index in [-0.39, 0.29) is 5.75 Å². The van der Waals surface area contributed by atoms with Gasteiger partial charge in [-0.2, -0.15) is 15.1 Å². The molecule has 3 heterocycles. The Balaban J connectivity index is 1.54. The standard InChI is InChI=1S/C19H24N6O3/c26-16-3-1-15(2-4-16)14-20-23-17-13-18(24-5-9-27-10-6-24)22-19(21-17)25-7-11-28-12-8-25/h1-4,13-14,26H,5-12H2,(H,21,22,23)/b20-14+. The lowest BCUT2D eigenvalue weighted by Gasteiger charge is -2.31. The summed E-state index contributed by atoms with van der Waals surface area (Å²) in [6.45, 7) is 5.87. The molecule has 9 heteroatoms. The average Bonchev–Trinajstić information content (AvgIpc) is 2.76. The van der Waals surface area contributed by atoms with Gasteiger partial charge < -0.3 is 24.4 Å². The van der Waals surface area contributed by atoms with Crippen molar-refractivity contribution in [1.82, 2.24) is 9.97 Å². The van der Waals surface area contributed by atoms with Crippen molar-refractivity contribution < 1.29 is 14.6 Å². The number of aromatic hydroxyl groups is 1. The molecule has 2 aliphatic rings. The second-order valence-corrected chi connectivity index (χ2v) is 6.57. The van der Waals surface area contributed by atoms with Gasteiger partial charge in [-0.05, 0) is 29.8 Å². The van der Waals surface area contributed by atoms with E-state index in [1.807, 2.05) is 6.07 Å². The first-order chi connectivity index (χ1) is 13.8. The molecule has 0 unspecified atom stereocenters. The fourth-order valence-corrected chi connectivity index (χ4v) is 3.07. The van der Waals surface area contributed by atoms with Crippen molar-refractivity contribution in [1.29, 1.82) is 0 Å². The monoisotopic (exact) mass is 384 g/mol. The third-order valence-electron chi connectivity index (χ3n) is 4.62. The van der Waals surface area contributed by atoms with Gasteiger partial charge in [0.25, 0.3) is 0 Å². The highest BCUT2D eigenvalue weighted by Gasteiger charge is 2.19. The minimum atomic E-state index is 0.228. The van der Waals surface area contributed by atoms with Crippen molar-refractivity contribution >= 4 is 23.8 Å². The van der Waals surface area contributed by atoms with E-state index in [9.17, 15) is 5.11 Å². The normalized spacial score (nSPS) is 17.9. The number of rotatable bonds is 5. The summed E-state index contributed by atoms with van der Waals surface area (Å²) in [6, 6.07) is 8.74. The molecule has 2 aliphatic heterocycles. The van der Waals surface area contributed by atoms with Crippen LogP contribution < -0.4 is 15.2 Å². The second-order valence-electron chi connectivity index (χ2n) is 6.57. The van der Waals surface area contributed by atoms with E-state index in [0.29, 0.717) is 38.2 Å². The third kappa shape index (κ3) is 4.68. The van der Waals surface area contributed by atoms with Crippen LogP contribution in [0.5, 0.6) is 5.75 Å². The number of nitrogens with one attached hydrogen (secondary N) is 1. The Bertz CT molecular complexity index is 766. The summed E-state index contributed by atoms with van der Waals surface area (Å²) < 4.78 is 10.9. The SMILES string of the molecule is Oc1ccc(/C=N/Nc2cc(N3CCOCC3)nc(N3CCOCC3)n2)cc1. The summed E-state index contributed by atoms with van der Waals surface area (Å²) in [5.74, 6) is 2.40. The maximum absolute atomic E-state index is 9.36. The summed E-state index contributed by atoms with van der Waals surface area (Å²) >= 11 is 0. The van der Waals surface area contributed by atoms with Crippen molar-refractivity contribution in [2.45, 2.75) is 0 Å². The van der Waals surface area contributed by atoms with Crippen LogP contribution in [-0.2, 0) is 9.47 Å². The molecule has 2 saturated heterocycles. The smallest absolute Gasteiger partial charge is 0.229 e. The van der Waals surface area contributed by atoms with Crippen LogP contribution in [0.3, 0.4) is 0 Å². The van der Waals surface area contributed by atoms with Crippen LogP contribution in [0, 0.1) is 0 Å². The van der Waals surface area contributed by atoms with E-state index in [1.54, 1.807) is 30.5 Å². The van der Waals surface area contributed by atoms with Crippen LogP contribution >= 0.6 is 0 Å². The highest BCUT2D eigenvalue weighted by Crippen LogP contribution is 2.22. The van der Waals surface area contributed by atoms with E-state index in [4.69, 9.17) is 14.5 Å². The summed E-state index contributed by atoms with van der Waals surface area (Å²) in [6.07, 6.45) is 1.68. The number of phenols is 1. The molecule has 148 valence electrons. The number of ether oxygens (including phenoxy) is 2. The van der Waals surface area contributed by atoms with Crippen LogP contribution in [0.2, 0.25) is 0 Å². The first-order valence-corrected chi connectivity index (χ1v) is 9.40. The largest absolute Gasteiger partial charge is 0.508 e. The zero-order chi connectivity index (χ0) is 19.2. The number of aromatic nitrogens is 2. The van der Waals surface area contributed by atoms with E-state index in [0.717, 1.165) is 37.6 Å². The maximum atomic E-state index is 9.36. The van der Waals surface area contributed by atoms with Gasteiger partial charge in [0.15, 0.2) is 5.82 Å². The van der Waals surface area contributed by atoms with Crippen molar-refractivity contribution in [3.63, 3.8) is 0 Å². The average molecular weight is 384 g/mol. The number of hydrogen-bond acceptors (Lipinski definition) is 9. The lowest BCUT2D eigenvalue weighted by Crippen LogP contribution is -2.39. The molecule has 0 amide bonds. The number of hydrazone groups is 1. The Morgan fingerprint density at radius 1 is 0.929 bits per heavy atom. The molecule has 1 aromatic heterocycles. The Kier molecular flexibility index (Phi) is 5.83. The summed E-state index contributed by atoms with van der Waals surface area (Å²) in [5.41, 5.74) is 3.88. The van der Waals surface area contributed by atoms with Crippen molar-refractivity contribution in [3.05, 3.63) is 35.9 Å². The van der Waals surface area contributed by atoms with Gasteiger partial charge in [0.05, 0.1) is 32.6 Å². The highest BCUT2D eigenvalue weighted by atomic mass is 16.5. The number of phenolic OH excluding ortho intramolecular Hbond substituents is 1. The van der Waals surface area contributed by atoms with Gasteiger partial charge in [-0.25, -0.2) is 0 Å². The quantitative estimate of drug-likeness (QED) is 0.588. The highest BCUT2D eigenvalue weighted by molar-refractivity contribution is 5.80. The van der Waals surface area contributed by atoms with Crippen molar-refractivity contribution in [2.24, 2.45) is 5.10 Å². The molecule has 0 saturated carbocycles. The summed E-state index contributed by atoms with van der Waals surface area (Å²) in [4.78, 5) is 13.7. The molecule has 9 nitrogen and oxygen atoms in total. The molecule has 0 aliphatic carbocycles. The number of nitrogens with zero attached hydrogens (tertiary/aromatic N) is 5. The fraction of sp³-hybridized carbons (Fsp3) is 0.421. The Morgan fingerprint density at radius 3 is 2.25 bits per heavy atom. The van der Waals surface area contributed by atoms with Gasteiger partial charge in [0, 0.05) is 32.2 Å². The molecule has 0 radical (unpaired) electrons. The Morgan fingerprint density at radius 2 is 1.57 bits per heavy atom. The molecule has 28 heavy (non-hydrogen) atoms. The molecular weight excluding hydrogens is 360 g/mol. The maximum Gasteiger partial charge on any atom is 0.229 e. The lowest BCUT2D eigenvalue weighted by atomic mass is 10.2. The molecule has 0 atom stereocenters. The van der Waals surface area contributed by atoms with Gasteiger partial charge in [0.1, 0.15) is 11.6 Å². The van der Waals surface area contributed by atoms with Gasteiger partial charge in [-0.15, -0.1) is 0 Å². The van der Waals surface area contributed by atoms with Gasteiger partial charge >= 0.3 is 0 Å². The van der Waals surface area contributed by atoms with E-state index in [2.05, 4.69) is 25.3 Å². The lowest BCUT2D eigenvalue weighted by molar-refractivity contribution is 0.121. The number of hydrogen-bond donors (Lipinski definition) is 2. The van der Waals surface area contributed by atoms with Crippen LogP contribution in [0.4, 0.5) is 17.6 Å². The molecule has 2 aromatic rings. The molecule has 2 N–H and O–H groups in total. The Labute approximate surface area is 163 Å². The van der Waals surface area contributed by atoms with E-state index < -0.39 is 0 Å². The number of anilines is 3. The summed E-state index contributed by atoms with van der Waals surface area (Å²) in [7, 11) is 0. The molecule has 0 bridgehead atoms.